The van der Waals surface area contributed by atoms with Crippen molar-refractivity contribution >= 4 is 10.9 Å². The minimum atomic E-state index is -4.66. The third-order valence-corrected chi connectivity index (χ3v) is 5.43. The average Bonchev–Trinajstić information content (AvgIpc) is 3.28. The van der Waals surface area contributed by atoms with E-state index in [-0.39, 0.29) is 23.4 Å². The predicted molar refractivity (Wildman–Crippen MR) is 119 cm³/mol. The highest BCUT2D eigenvalue weighted by Gasteiger charge is 2.34. The molecule has 0 aliphatic rings. The summed E-state index contributed by atoms with van der Waals surface area (Å²) in [6, 6.07) is 13.7. The molecule has 0 fully saturated rings. The van der Waals surface area contributed by atoms with Crippen LogP contribution in [-0.4, -0.2) is 29.5 Å². The smallest absolute Gasteiger partial charge is 0.268 e. The van der Waals surface area contributed by atoms with Crippen LogP contribution in [0.25, 0.3) is 27.8 Å². The first-order valence-corrected chi connectivity index (χ1v) is 10.3. The zero-order valence-electron chi connectivity index (χ0n) is 17.9. The number of para-hydroxylation sites is 1. The molecule has 0 amide bonds. The number of fused-ring (bicyclic) bond motifs is 1. The minimum Gasteiger partial charge on any atom is -0.268 e. The van der Waals surface area contributed by atoms with Crippen LogP contribution >= 0.6 is 0 Å². The standard InChI is InChI=1S/C24H17F3N6O/c1-15-6-4-9-18-22(15)23(34)33(20-10-3-2-8-17(20)24(25,26)27)21(29-18)14-32-13-19(30-31-32)16-7-5-11-28-12-16/h2-13H,14H2,1H3. The van der Waals surface area contributed by atoms with E-state index in [1.807, 2.05) is 6.07 Å². The summed E-state index contributed by atoms with van der Waals surface area (Å²) in [6.45, 7) is 1.65. The Morgan fingerprint density at radius 1 is 1.00 bits per heavy atom. The molecule has 10 heteroatoms. The van der Waals surface area contributed by atoms with Crippen molar-refractivity contribution in [3.05, 3.63) is 100 Å². The van der Waals surface area contributed by atoms with Crippen LogP contribution in [0.5, 0.6) is 0 Å². The molecule has 0 N–H and O–H groups in total. The van der Waals surface area contributed by atoms with E-state index >= 15 is 0 Å². The molecule has 2 aromatic carbocycles. The Bertz CT molecular complexity index is 1560. The zero-order chi connectivity index (χ0) is 23.9. The SMILES string of the molecule is Cc1cccc2nc(Cn3cc(-c4cccnc4)nn3)n(-c3ccccc3C(F)(F)F)c(=O)c12. The zero-order valence-corrected chi connectivity index (χ0v) is 17.9. The van der Waals surface area contributed by atoms with E-state index in [4.69, 9.17) is 0 Å². The minimum absolute atomic E-state index is 0.0709. The van der Waals surface area contributed by atoms with Crippen LogP contribution in [0.15, 0.2) is 78.0 Å². The summed E-state index contributed by atoms with van der Waals surface area (Å²) < 4.78 is 44.0. The van der Waals surface area contributed by atoms with Gasteiger partial charge in [0.25, 0.3) is 5.56 Å². The van der Waals surface area contributed by atoms with Gasteiger partial charge in [0.1, 0.15) is 18.1 Å². The highest BCUT2D eigenvalue weighted by Crippen LogP contribution is 2.34. The van der Waals surface area contributed by atoms with E-state index in [1.165, 1.54) is 22.9 Å². The predicted octanol–water partition coefficient (Wildman–Crippen LogP) is 4.41. The molecule has 0 bridgehead atoms. The summed E-state index contributed by atoms with van der Waals surface area (Å²) in [5.74, 6) is 0.0995. The summed E-state index contributed by atoms with van der Waals surface area (Å²) in [5.41, 5.74) is 0.489. The lowest BCUT2D eigenvalue weighted by atomic mass is 10.1. The topological polar surface area (TPSA) is 78.5 Å². The quantitative estimate of drug-likeness (QED) is 0.395. The lowest BCUT2D eigenvalue weighted by Gasteiger charge is -2.18. The molecule has 0 aliphatic carbocycles. The van der Waals surface area contributed by atoms with Crippen LogP contribution in [0.1, 0.15) is 17.0 Å². The van der Waals surface area contributed by atoms with Gasteiger partial charge in [0, 0.05) is 18.0 Å². The fourth-order valence-corrected chi connectivity index (χ4v) is 3.87. The maximum absolute atomic E-state index is 13.8. The molecule has 0 spiro atoms. The molecule has 34 heavy (non-hydrogen) atoms. The molecule has 5 rings (SSSR count). The van der Waals surface area contributed by atoms with E-state index < -0.39 is 17.3 Å². The fraction of sp³-hybridized carbons (Fsp3) is 0.125. The van der Waals surface area contributed by atoms with Crippen molar-refractivity contribution < 1.29 is 13.2 Å². The van der Waals surface area contributed by atoms with Crippen molar-refractivity contribution in [2.45, 2.75) is 19.6 Å². The molecule has 0 unspecified atom stereocenters. The van der Waals surface area contributed by atoms with E-state index in [0.29, 0.717) is 16.8 Å². The van der Waals surface area contributed by atoms with Crippen molar-refractivity contribution in [1.29, 1.82) is 0 Å². The number of rotatable bonds is 4. The summed E-state index contributed by atoms with van der Waals surface area (Å²) >= 11 is 0. The number of aromatic nitrogens is 6. The van der Waals surface area contributed by atoms with Gasteiger partial charge in [0.2, 0.25) is 0 Å². The van der Waals surface area contributed by atoms with Crippen molar-refractivity contribution in [1.82, 2.24) is 29.5 Å². The first-order chi connectivity index (χ1) is 16.3. The van der Waals surface area contributed by atoms with Crippen LogP contribution in [0.2, 0.25) is 0 Å². The van der Waals surface area contributed by atoms with E-state index in [9.17, 15) is 18.0 Å². The second-order valence-corrected chi connectivity index (χ2v) is 7.70. The maximum atomic E-state index is 13.8. The molecule has 5 aromatic rings. The molecule has 0 saturated carbocycles. The molecule has 3 heterocycles. The average molecular weight is 462 g/mol. The number of benzene rings is 2. The second kappa shape index (κ2) is 8.22. The Morgan fingerprint density at radius 3 is 2.59 bits per heavy atom. The van der Waals surface area contributed by atoms with Gasteiger partial charge in [-0.1, -0.05) is 29.5 Å². The van der Waals surface area contributed by atoms with Crippen molar-refractivity contribution in [3.63, 3.8) is 0 Å². The Morgan fingerprint density at radius 2 is 1.82 bits per heavy atom. The van der Waals surface area contributed by atoms with Gasteiger partial charge in [0.15, 0.2) is 0 Å². The molecule has 3 aromatic heterocycles. The first kappa shape index (κ1) is 21.5. The molecular formula is C24H17F3N6O. The van der Waals surface area contributed by atoms with E-state index in [2.05, 4.69) is 20.3 Å². The molecule has 7 nitrogen and oxygen atoms in total. The van der Waals surface area contributed by atoms with Crippen molar-refractivity contribution in [3.8, 4) is 16.9 Å². The van der Waals surface area contributed by atoms with Gasteiger partial charge in [0.05, 0.1) is 28.4 Å². The molecular weight excluding hydrogens is 445 g/mol. The second-order valence-electron chi connectivity index (χ2n) is 7.70. The summed E-state index contributed by atoms with van der Waals surface area (Å²) in [6.07, 6.45) is 0.227. The number of nitrogens with zero attached hydrogens (tertiary/aromatic N) is 6. The Balaban J connectivity index is 1.72. The number of pyridine rings is 1. The third kappa shape index (κ3) is 3.83. The molecule has 0 atom stereocenters. The number of hydrogen-bond acceptors (Lipinski definition) is 5. The largest absolute Gasteiger partial charge is 0.418 e. The van der Waals surface area contributed by atoms with Gasteiger partial charge >= 0.3 is 6.18 Å². The Labute approximate surface area is 191 Å². The van der Waals surface area contributed by atoms with Gasteiger partial charge < -0.3 is 0 Å². The van der Waals surface area contributed by atoms with Gasteiger partial charge in [-0.25, -0.2) is 9.67 Å². The van der Waals surface area contributed by atoms with Gasteiger partial charge in [-0.15, -0.1) is 5.10 Å². The van der Waals surface area contributed by atoms with Crippen LogP contribution < -0.4 is 5.56 Å². The fourth-order valence-electron chi connectivity index (χ4n) is 3.87. The van der Waals surface area contributed by atoms with Crippen LogP contribution in [0.3, 0.4) is 0 Å². The molecule has 170 valence electrons. The molecule has 0 aliphatic heterocycles. The summed E-state index contributed by atoms with van der Waals surface area (Å²) in [7, 11) is 0. The Hall–Kier alpha value is -4.34. The van der Waals surface area contributed by atoms with Gasteiger partial charge in [-0.3, -0.25) is 14.3 Å². The molecule has 0 radical (unpaired) electrons. The van der Waals surface area contributed by atoms with Gasteiger partial charge in [-0.05, 0) is 42.8 Å². The van der Waals surface area contributed by atoms with Crippen LogP contribution in [0.4, 0.5) is 13.2 Å². The highest BCUT2D eigenvalue weighted by atomic mass is 19.4. The van der Waals surface area contributed by atoms with E-state index in [0.717, 1.165) is 16.2 Å². The highest BCUT2D eigenvalue weighted by molar-refractivity contribution is 5.81. The number of alkyl halides is 3. The van der Waals surface area contributed by atoms with E-state index in [1.54, 1.807) is 49.8 Å². The lowest BCUT2D eigenvalue weighted by Crippen LogP contribution is -2.28. The third-order valence-electron chi connectivity index (χ3n) is 5.43. The van der Waals surface area contributed by atoms with Crippen LogP contribution in [0, 0.1) is 6.92 Å². The normalized spacial score (nSPS) is 11.8. The summed E-state index contributed by atoms with van der Waals surface area (Å²) in [5, 5.41) is 8.46. The summed E-state index contributed by atoms with van der Waals surface area (Å²) in [4.78, 5) is 22.2. The lowest BCUT2D eigenvalue weighted by molar-refractivity contribution is -0.137. The monoisotopic (exact) mass is 462 g/mol. The molecule has 0 saturated heterocycles. The number of aryl methyl sites for hydroxylation is 1. The first-order valence-electron chi connectivity index (χ1n) is 10.3. The Kier molecular flexibility index (Phi) is 5.20. The van der Waals surface area contributed by atoms with Crippen molar-refractivity contribution in [2.24, 2.45) is 0 Å². The maximum Gasteiger partial charge on any atom is 0.418 e. The number of halogens is 3. The van der Waals surface area contributed by atoms with Crippen LogP contribution in [-0.2, 0) is 12.7 Å². The van der Waals surface area contributed by atoms with Gasteiger partial charge in [-0.2, -0.15) is 13.2 Å². The number of hydrogen-bond donors (Lipinski definition) is 0. The van der Waals surface area contributed by atoms with Crippen molar-refractivity contribution in [2.75, 3.05) is 0 Å².